The molecular formula is C20H24N2O2. The number of para-hydroxylation sites is 1. The maximum atomic E-state index is 12.2. The van der Waals surface area contributed by atoms with Crippen LogP contribution in [0.25, 0.3) is 0 Å². The largest absolute Gasteiger partial charge is 0.376 e. The summed E-state index contributed by atoms with van der Waals surface area (Å²) < 4.78 is 0. The summed E-state index contributed by atoms with van der Waals surface area (Å²) in [6.07, 6.45) is 0. The van der Waals surface area contributed by atoms with Crippen molar-refractivity contribution in [2.75, 3.05) is 17.2 Å². The first-order valence-corrected chi connectivity index (χ1v) is 8.01. The molecule has 2 N–H and O–H groups in total. The van der Waals surface area contributed by atoms with E-state index in [2.05, 4.69) is 31.4 Å². The Hall–Kier alpha value is -2.62. The van der Waals surface area contributed by atoms with Gasteiger partial charge in [0.25, 0.3) is 0 Å². The minimum atomic E-state index is -0.109. The van der Waals surface area contributed by atoms with Gasteiger partial charge in [0.15, 0.2) is 5.78 Å². The zero-order chi connectivity index (χ0) is 17.7. The average molecular weight is 324 g/mol. The number of carbonyl (C=O) groups is 2. The molecule has 2 rings (SSSR count). The van der Waals surface area contributed by atoms with Crippen LogP contribution in [-0.4, -0.2) is 18.2 Å². The maximum Gasteiger partial charge on any atom is 0.243 e. The first-order valence-electron chi connectivity index (χ1n) is 8.01. The molecule has 4 heteroatoms. The fourth-order valence-corrected chi connectivity index (χ4v) is 2.45. The van der Waals surface area contributed by atoms with E-state index in [1.165, 1.54) is 6.92 Å². The van der Waals surface area contributed by atoms with Gasteiger partial charge in [0.05, 0.1) is 6.54 Å². The first kappa shape index (κ1) is 17.7. The monoisotopic (exact) mass is 324 g/mol. The summed E-state index contributed by atoms with van der Waals surface area (Å²) in [7, 11) is 0. The maximum absolute atomic E-state index is 12.2. The van der Waals surface area contributed by atoms with E-state index in [-0.39, 0.29) is 23.7 Å². The van der Waals surface area contributed by atoms with Gasteiger partial charge in [-0.2, -0.15) is 0 Å². The number of amides is 1. The third-order valence-corrected chi connectivity index (χ3v) is 3.75. The molecule has 0 aromatic heterocycles. The van der Waals surface area contributed by atoms with Crippen LogP contribution >= 0.6 is 0 Å². The molecule has 0 unspecified atom stereocenters. The van der Waals surface area contributed by atoms with E-state index in [1.54, 1.807) is 24.3 Å². The van der Waals surface area contributed by atoms with Crippen LogP contribution in [0.1, 0.15) is 43.6 Å². The van der Waals surface area contributed by atoms with E-state index in [0.717, 1.165) is 16.9 Å². The van der Waals surface area contributed by atoms with Gasteiger partial charge in [0.1, 0.15) is 0 Å². The third kappa shape index (κ3) is 4.69. The van der Waals surface area contributed by atoms with E-state index in [4.69, 9.17) is 0 Å². The number of nitrogens with one attached hydrogen (secondary N) is 2. The highest BCUT2D eigenvalue weighted by molar-refractivity contribution is 5.95. The number of benzene rings is 2. The average Bonchev–Trinajstić information content (AvgIpc) is 2.53. The van der Waals surface area contributed by atoms with Crippen molar-refractivity contribution in [2.24, 2.45) is 0 Å². The molecule has 2 aromatic rings. The normalized spacial score (nSPS) is 11.0. The summed E-state index contributed by atoms with van der Waals surface area (Å²) in [5.74, 6) is -0.0829. The van der Waals surface area contributed by atoms with Crippen molar-refractivity contribution >= 4 is 23.1 Å². The Morgan fingerprint density at radius 1 is 0.958 bits per heavy atom. The summed E-state index contributed by atoms with van der Waals surface area (Å²) >= 11 is 0. The van der Waals surface area contributed by atoms with Crippen molar-refractivity contribution in [2.45, 2.75) is 33.1 Å². The van der Waals surface area contributed by atoms with Crippen molar-refractivity contribution in [3.63, 3.8) is 0 Å². The van der Waals surface area contributed by atoms with Crippen LogP contribution in [0.5, 0.6) is 0 Å². The molecule has 1 amide bonds. The van der Waals surface area contributed by atoms with Gasteiger partial charge in [-0.1, -0.05) is 39.0 Å². The van der Waals surface area contributed by atoms with Gasteiger partial charge >= 0.3 is 0 Å². The SMILES string of the molecule is CC(=O)c1ccc(NCC(=O)Nc2ccccc2C(C)(C)C)cc1. The molecule has 0 aliphatic carbocycles. The number of rotatable bonds is 5. The van der Waals surface area contributed by atoms with Crippen LogP contribution in [0.4, 0.5) is 11.4 Å². The van der Waals surface area contributed by atoms with Gasteiger partial charge in [0.2, 0.25) is 5.91 Å². The van der Waals surface area contributed by atoms with Crippen LogP contribution < -0.4 is 10.6 Å². The Morgan fingerprint density at radius 3 is 2.17 bits per heavy atom. The zero-order valence-electron chi connectivity index (χ0n) is 14.6. The van der Waals surface area contributed by atoms with Crippen molar-refractivity contribution in [1.29, 1.82) is 0 Å². The van der Waals surface area contributed by atoms with Gasteiger partial charge < -0.3 is 10.6 Å². The molecule has 24 heavy (non-hydrogen) atoms. The lowest BCUT2D eigenvalue weighted by atomic mass is 9.86. The Labute approximate surface area is 143 Å². The topological polar surface area (TPSA) is 58.2 Å². The molecule has 0 fully saturated rings. The molecule has 0 bridgehead atoms. The van der Waals surface area contributed by atoms with E-state index < -0.39 is 0 Å². The number of hydrogen-bond acceptors (Lipinski definition) is 3. The Morgan fingerprint density at radius 2 is 1.58 bits per heavy atom. The van der Waals surface area contributed by atoms with Gasteiger partial charge in [-0.3, -0.25) is 9.59 Å². The minimum absolute atomic E-state index is 0.0260. The lowest BCUT2D eigenvalue weighted by Gasteiger charge is -2.23. The highest BCUT2D eigenvalue weighted by Crippen LogP contribution is 2.29. The number of anilines is 2. The third-order valence-electron chi connectivity index (χ3n) is 3.75. The number of Topliss-reactive ketones (excluding diaryl/α,β-unsaturated/α-hetero) is 1. The number of ketones is 1. The van der Waals surface area contributed by atoms with Crippen molar-refractivity contribution in [3.05, 3.63) is 59.7 Å². The van der Waals surface area contributed by atoms with Crippen LogP contribution in [0, 0.1) is 0 Å². The molecule has 0 spiro atoms. The van der Waals surface area contributed by atoms with Crippen molar-refractivity contribution in [1.82, 2.24) is 0 Å². The second-order valence-corrected chi connectivity index (χ2v) is 6.83. The molecule has 126 valence electrons. The van der Waals surface area contributed by atoms with Crippen LogP contribution in [0.3, 0.4) is 0 Å². The fourth-order valence-electron chi connectivity index (χ4n) is 2.45. The van der Waals surface area contributed by atoms with E-state index in [0.29, 0.717) is 5.56 Å². The van der Waals surface area contributed by atoms with E-state index in [1.807, 2.05) is 24.3 Å². The molecule has 0 heterocycles. The fraction of sp³-hybridized carbons (Fsp3) is 0.300. The van der Waals surface area contributed by atoms with Crippen molar-refractivity contribution in [3.8, 4) is 0 Å². The molecule has 4 nitrogen and oxygen atoms in total. The summed E-state index contributed by atoms with van der Waals surface area (Å²) in [6, 6.07) is 14.9. The summed E-state index contributed by atoms with van der Waals surface area (Å²) in [4.78, 5) is 23.5. The van der Waals surface area contributed by atoms with Crippen LogP contribution in [0.15, 0.2) is 48.5 Å². The van der Waals surface area contributed by atoms with Gasteiger partial charge in [-0.25, -0.2) is 0 Å². The molecule has 0 saturated carbocycles. The van der Waals surface area contributed by atoms with Gasteiger partial charge in [-0.15, -0.1) is 0 Å². The molecule has 0 radical (unpaired) electrons. The number of hydrogen-bond donors (Lipinski definition) is 2. The lowest BCUT2D eigenvalue weighted by Crippen LogP contribution is -2.24. The van der Waals surface area contributed by atoms with E-state index >= 15 is 0 Å². The van der Waals surface area contributed by atoms with Gasteiger partial charge in [0, 0.05) is 16.9 Å². The minimum Gasteiger partial charge on any atom is -0.376 e. The molecule has 0 atom stereocenters. The Bertz CT molecular complexity index is 728. The predicted molar refractivity (Wildman–Crippen MR) is 98.7 cm³/mol. The molecule has 0 aliphatic rings. The summed E-state index contributed by atoms with van der Waals surface area (Å²) in [6.45, 7) is 8.05. The summed E-state index contributed by atoms with van der Waals surface area (Å²) in [5.41, 5.74) is 3.36. The summed E-state index contributed by atoms with van der Waals surface area (Å²) in [5, 5.41) is 6.03. The highest BCUT2D eigenvalue weighted by atomic mass is 16.2. The Kier molecular flexibility index (Phi) is 5.39. The van der Waals surface area contributed by atoms with Crippen molar-refractivity contribution < 1.29 is 9.59 Å². The quantitative estimate of drug-likeness (QED) is 0.809. The highest BCUT2D eigenvalue weighted by Gasteiger charge is 2.18. The molecular weight excluding hydrogens is 300 g/mol. The molecule has 0 saturated heterocycles. The number of carbonyl (C=O) groups excluding carboxylic acids is 2. The first-order chi connectivity index (χ1) is 11.3. The molecule has 2 aromatic carbocycles. The standard InChI is InChI=1S/C20H24N2O2/c1-14(23)15-9-11-16(12-10-15)21-13-19(24)22-18-8-6-5-7-17(18)20(2,3)4/h5-12,21H,13H2,1-4H3,(H,22,24). The van der Waals surface area contributed by atoms with Crippen LogP contribution in [0.2, 0.25) is 0 Å². The van der Waals surface area contributed by atoms with Gasteiger partial charge in [-0.05, 0) is 48.2 Å². The lowest BCUT2D eigenvalue weighted by molar-refractivity contribution is -0.114. The Balaban J connectivity index is 1.98. The van der Waals surface area contributed by atoms with Crippen LogP contribution in [-0.2, 0) is 10.2 Å². The second kappa shape index (κ2) is 7.30. The predicted octanol–water partition coefficient (Wildman–Crippen LogP) is 4.24. The second-order valence-electron chi connectivity index (χ2n) is 6.83. The van der Waals surface area contributed by atoms with E-state index in [9.17, 15) is 9.59 Å². The smallest absolute Gasteiger partial charge is 0.243 e. The zero-order valence-corrected chi connectivity index (χ0v) is 14.6. The molecule has 0 aliphatic heterocycles.